The number of ether oxygens (including phenoxy) is 1. The first-order chi connectivity index (χ1) is 18.2. The highest BCUT2D eigenvalue weighted by atomic mass is 32.1. The minimum Gasteiger partial charge on any atom is -0.497 e. The van der Waals surface area contributed by atoms with Crippen LogP contribution < -0.4 is 4.74 Å². The van der Waals surface area contributed by atoms with E-state index >= 15 is 26.3 Å². The standard InChI is InChI=1S/C30H24F6OS2/c1-15-6-8-20(9-7-15)27-16(2)24(18(4)39-27)26-25(28(31,32)30(35,36)29(26,33)34)22-14-23(38-17(22)3)19-10-12-21(37-5)13-11-19/h6-14H,1-5H3. The maximum Gasteiger partial charge on any atom is 0.380 e. The van der Waals surface area contributed by atoms with E-state index in [-0.39, 0.29) is 26.4 Å². The topological polar surface area (TPSA) is 9.23 Å². The van der Waals surface area contributed by atoms with E-state index in [4.69, 9.17) is 4.74 Å². The Bertz CT molecular complexity index is 1590. The van der Waals surface area contributed by atoms with Gasteiger partial charge in [-0.15, -0.1) is 22.7 Å². The molecule has 2 aromatic heterocycles. The van der Waals surface area contributed by atoms with Gasteiger partial charge in [-0.05, 0) is 80.3 Å². The minimum absolute atomic E-state index is 0.241. The number of hydrogen-bond donors (Lipinski definition) is 0. The summed E-state index contributed by atoms with van der Waals surface area (Å²) in [4.78, 5) is 1.58. The van der Waals surface area contributed by atoms with E-state index < -0.39 is 28.9 Å². The van der Waals surface area contributed by atoms with Crippen molar-refractivity contribution in [2.75, 3.05) is 7.11 Å². The SMILES string of the molecule is COc1ccc(-c2cc(C3=C(c4c(C)sc(-c5ccc(C)cc5)c4C)C(F)(F)C(F)(F)C3(F)F)c(C)s2)cc1. The number of thiophene rings is 2. The normalized spacial score (nSPS) is 17.6. The van der Waals surface area contributed by atoms with Gasteiger partial charge in [0.2, 0.25) is 0 Å². The minimum atomic E-state index is -5.61. The molecule has 0 aliphatic heterocycles. The second kappa shape index (κ2) is 9.27. The quantitative estimate of drug-likeness (QED) is 0.214. The molecule has 0 unspecified atom stereocenters. The highest BCUT2D eigenvalue weighted by Crippen LogP contribution is 2.66. The predicted octanol–water partition coefficient (Wildman–Crippen LogP) is 10.2. The molecule has 1 aliphatic rings. The van der Waals surface area contributed by atoms with Gasteiger partial charge < -0.3 is 4.74 Å². The molecule has 2 heterocycles. The third kappa shape index (κ3) is 4.04. The first kappa shape index (κ1) is 27.5. The average Bonchev–Trinajstić information content (AvgIpc) is 3.43. The lowest BCUT2D eigenvalue weighted by Gasteiger charge is -2.26. The van der Waals surface area contributed by atoms with Crippen LogP contribution in [0.2, 0.25) is 0 Å². The molecule has 9 heteroatoms. The van der Waals surface area contributed by atoms with Gasteiger partial charge in [0.15, 0.2) is 0 Å². The molecule has 0 saturated heterocycles. The number of alkyl halides is 6. The molecular formula is C30H24F6OS2. The van der Waals surface area contributed by atoms with Crippen LogP contribution in [0.25, 0.3) is 32.0 Å². The van der Waals surface area contributed by atoms with E-state index in [1.807, 2.05) is 19.1 Å². The van der Waals surface area contributed by atoms with Crippen molar-refractivity contribution < 1.29 is 31.1 Å². The summed E-state index contributed by atoms with van der Waals surface area (Å²) in [6, 6.07) is 15.3. The largest absolute Gasteiger partial charge is 0.497 e. The summed E-state index contributed by atoms with van der Waals surface area (Å²) in [6.45, 7) is 6.40. The van der Waals surface area contributed by atoms with Gasteiger partial charge >= 0.3 is 17.8 Å². The molecule has 0 N–H and O–H groups in total. The maximum atomic E-state index is 15.6. The van der Waals surface area contributed by atoms with Gasteiger partial charge in [0.25, 0.3) is 0 Å². The molecule has 1 nitrogen and oxygen atoms in total. The first-order valence-corrected chi connectivity index (χ1v) is 13.7. The van der Waals surface area contributed by atoms with Crippen LogP contribution in [0.5, 0.6) is 5.75 Å². The number of halogens is 6. The molecule has 0 saturated carbocycles. The van der Waals surface area contributed by atoms with Crippen LogP contribution in [0.15, 0.2) is 54.6 Å². The molecule has 4 aromatic rings. The monoisotopic (exact) mass is 578 g/mol. The summed E-state index contributed by atoms with van der Waals surface area (Å²) >= 11 is 2.21. The molecule has 0 radical (unpaired) electrons. The number of allylic oxidation sites excluding steroid dienone is 2. The van der Waals surface area contributed by atoms with Gasteiger partial charge in [-0.25, -0.2) is 0 Å². The molecular weight excluding hydrogens is 554 g/mol. The number of methoxy groups -OCH3 is 1. The lowest BCUT2D eigenvalue weighted by atomic mass is 9.91. The van der Waals surface area contributed by atoms with Crippen LogP contribution in [0.1, 0.15) is 32.0 Å². The molecule has 0 bridgehead atoms. The lowest BCUT2D eigenvalue weighted by Crippen LogP contribution is -2.49. The van der Waals surface area contributed by atoms with Crippen molar-refractivity contribution in [2.24, 2.45) is 0 Å². The Labute approximate surface area is 230 Å². The fourth-order valence-corrected chi connectivity index (χ4v) is 7.24. The Morgan fingerprint density at radius 3 is 1.82 bits per heavy atom. The van der Waals surface area contributed by atoms with E-state index in [9.17, 15) is 0 Å². The van der Waals surface area contributed by atoms with Gasteiger partial charge in [0, 0.05) is 36.2 Å². The summed E-state index contributed by atoms with van der Waals surface area (Å²) in [5, 5.41) is 0. The van der Waals surface area contributed by atoms with E-state index in [2.05, 4.69) is 0 Å². The van der Waals surface area contributed by atoms with Crippen LogP contribution in [-0.2, 0) is 0 Å². The van der Waals surface area contributed by atoms with Gasteiger partial charge in [-0.3, -0.25) is 0 Å². The Balaban J connectivity index is 1.78. The zero-order valence-corrected chi connectivity index (χ0v) is 23.3. The van der Waals surface area contributed by atoms with Crippen molar-refractivity contribution in [3.63, 3.8) is 0 Å². The molecule has 39 heavy (non-hydrogen) atoms. The summed E-state index contributed by atoms with van der Waals surface area (Å²) in [6.07, 6.45) is 0. The summed E-state index contributed by atoms with van der Waals surface area (Å²) in [7, 11) is 1.50. The van der Waals surface area contributed by atoms with Gasteiger partial charge in [0.05, 0.1) is 7.11 Å². The number of aryl methyl sites for hydroxylation is 3. The molecule has 1 aliphatic carbocycles. The van der Waals surface area contributed by atoms with E-state index in [0.717, 1.165) is 28.2 Å². The number of hydrogen-bond acceptors (Lipinski definition) is 3. The number of benzene rings is 2. The average molecular weight is 579 g/mol. The molecule has 5 rings (SSSR count). The number of rotatable bonds is 5. The Hall–Kier alpha value is -3.04. The molecule has 0 spiro atoms. The Morgan fingerprint density at radius 1 is 0.667 bits per heavy atom. The smallest absolute Gasteiger partial charge is 0.380 e. The maximum absolute atomic E-state index is 15.6. The van der Waals surface area contributed by atoms with Crippen molar-refractivity contribution >= 4 is 33.8 Å². The van der Waals surface area contributed by atoms with E-state index in [0.29, 0.717) is 26.6 Å². The van der Waals surface area contributed by atoms with Crippen molar-refractivity contribution in [3.05, 3.63) is 86.6 Å². The Morgan fingerprint density at radius 2 is 1.23 bits per heavy atom. The third-order valence-corrected chi connectivity index (χ3v) is 9.47. The first-order valence-electron chi connectivity index (χ1n) is 12.0. The van der Waals surface area contributed by atoms with Crippen LogP contribution in [0.4, 0.5) is 26.3 Å². The van der Waals surface area contributed by atoms with Crippen LogP contribution in [0.3, 0.4) is 0 Å². The zero-order valence-electron chi connectivity index (χ0n) is 21.7. The predicted molar refractivity (Wildman–Crippen MR) is 147 cm³/mol. The Kier molecular flexibility index (Phi) is 6.54. The molecule has 0 amide bonds. The molecule has 0 atom stereocenters. The summed E-state index contributed by atoms with van der Waals surface area (Å²) < 4.78 is 97.4. The van der Waals surface area contributed by atoms with Crippen molar-refractivity contribution in [1.29, 1.82) is 0 Å². The lowest BCUT2D eigenvalue weighted by molar-refractivity contribution is -0.254. The fourth-order valence-electron chi connectivity index (χ4n) is 5.04. The molecule has 0 fully saturated rings. The van der Waals surface area contributed by atoms with Crippen LogP contribution >= 0.6 is 22.7 Å². The van der Waals surface area contributed by atoms with E-state index in [1.165, 1.54) is 33.9 Å². The molecule has 204 valence electrons. The van der Waals surface area contributed by atoms with Gasteiger partial charge in [-0.2, -0.15) is 26.3 Å². The second-order valence-corrected chi connectivity index (χ2v) is 12.1. The van der Waals surface area contributed by atoms with Crippen molar-refractivity contribution in [2.45, 2.75) is 45.5 Å². The van der Waals surface area contributed by atoms with Crippen LogP contribution in [-0.4, -0.2) is 24.9 Å². The third-order valence-electron chi connectivity index (χ3n) is 7.11. The summed E-state index contributed by atoms with van der Waals surface area (Å²) in [5.41, 5.74) is -0.583. The fraction of sp³-hybridized carbons (Fsp3) is 0.267. The highest BCUT2D eigenvalue weighted by molar-refractivity contribution is 7.16. The second-order valence-electron chi connectivity index (χ2n) is 9.64. The van der Waals surface area contributed by atoms with Gasteiger partial charge in [-0.1, -0.05) is 29.8 Å². The molecule has 2 aromatic carbocycles. The van der Waals surface area contributed by atoms with Crippen molar-refractivity contribution in [3.8, 4) is 26.6 Å². The van der Waals surface area contributed by atoms with Gasteiger partial charge in [0.1, 0.15) is 5.75 Å². The zero-order chi connectivity index (χ0) is 28.5. The highest BCUT2D eigenvalue weighted by Gasteiger charge is 2.80. The van der Waals surface area contributed by atoms with E-state index in [1.54, 1.807) is 36.4 Å². The van der Waals surface area contributed by atoms with Crippen LogP contribution in [0, 0.1) is 27.7 Å². The van der Waals surface area contributed by atoms with Crippen molar-refractivity contribution in [1.82, 2.24) is 0 Å². The summed E-state index contributed by atoms with van der Waals surface area (Å²) in [5.74, 6) is -15.2.